The Morgan fingerprint density at radius 2 is 1.88 bits per heavy atom. The van der Waals surface area contributed by atoms with Crippen molar-refractivity contribution in [2.75, 3.05) is 25.6 Å². The van der Waals surface area contributed by atoms with Gasteiger partial charge in [-0.25, -0.2) is 4.98 Å². The summed E-state index contributed by atoms with van der Waals surface area (Å²) in [5, 5.41) is 3.69. The molecule has 0 spiro atoms. The highest BCUT2D eigenvalue weighted by atomic mass is 32.1. The van der Waals surface area contributed by atoms with Gasteiger partial charge in [-0.3, -0.25) is 4.79 Å². The number of carbonyl (C=O) groups excluding carboxylic acids is 1. The third-order valence-corrected chi connectivity index (χ3v) is 5.89. The minimum absolute atomic E-state index is 0.0231. The Hall–Kier alpha value is -2.44. The van der Waals surface area contributed by atoms with Crippen LogP contribution in [0.2, 0.25) is 0 Å². The topological polar surface area (TPSA) is 60.5 Å². The number of anilines is 1. The molecule has 0 aliphatic carbocycles. The average molecular weight is 368 g/mol. The second-order valence-electron chi connectivity index (χ2n) is 6.36. The van der Waals surface area contributed by atoms with E-state index in [1.807, 2.05) is 48.5 Å². The van der Waals surface area contributed by atoms with Crippen molar-refractivity contribution in [2.45, 2.75) is 18.3 Å². The molecule has 1 aliphatic heterocycles. The number of benzene rings is 2. The summed E-state index contributed by atoms with van der Waals surface area (Å²) < 4.78 is 11.8. The highest BCUT2D eigenvalue weighted by Crippen LogP contribution is 2.37. The lowest BCUT2D eigenvalue weighted by Crippen LogP contribution is -2.44. The molecule has 1 aliphatic rings. The molecule has 1 fully saturated rings. The highest BCUT2D eigenvalue weighted by molar-refractivity contribution is 7.22. The monoisotopic (exact) mass is 368 g/mol. The zero-order valence-electron chi connectivity index (χ0n) is 14.5. The van der Waals surface area contributed by atoms with Crippen LogP contribution < -0.4 is 10.1 Å². The van der Waals surface area contributed by atoms with Gasteiger partial charge in [0.2, 0.25) is 5.91 Å². The number of nitrogens with zero attached hydrogens (tertiary/aromatic N) is 1. The fourth-order valence-corrected chi connectivity index (χ4v) is 4.28. The lowest BCUT2D eigenvalue weighted by Gasteiger charge is -2.36. The van der Waals surface area contributed by atoms with E-state index >= 15 is 0 Å². The molecule has 0 bridgehead atoms. The molecule has 0 radical (unpaired) electrons. The minimum atomic E-state index is -0.609. The number of fused-ring (bicyclic) bond motifs is 1. The molecule has 3 aromatic rings. The zero-order valence-corrected chi connectivity index (χ0v) is 15.3. The summed E-state index contributed by atoms with van der Waals surface area (Å²) in [5.41, 5.74) is 1.28. The van der Waals surface area contributed by atoms with Gasteiger partial charge in [-0.1, -0.05) is 35.6 Å². The summed E-state index contributed by atoms with van der Waals surface area (Å²) in [6, 6.07) is 15.6. The predicted octanol–water partition coefficient (Wildman–Crippen LogP) is 3.99. The minimum Gasteiger partial charge on any atom is -0.497 e. The number of hydrogen-bond acceptors (Lipinski definition) is 5. The number of aromatic nitrogens is 1. The largest absolute Gasteiger partial charge is 0.497 e. The maximum atomic E-state index is 13.3. The number of hydrogen-bond donors (Lipinski definition) is 1. The van der Waals surface area contributed by atoms with E-state index in [9.17, 15) is 4.79 Å². The lowest BCUT2D eigenvalue weighted by atomic mass is 9.73. The molecule has 1 amide bonds. The van der Waals surface area contributed by atoms with E-state index in [4.69, 9.17) is 9.47 Å². The second kappa shape index (κ2) is 7.05. The molecule has 1 N–H and O–H groups in total. The summed E-state index contributed by atoms with van der Waals surface area (Å²) in [7, 11) is 1.64. The van der Waals surface area contributed by atoms with Crippen LogP contribution in [0, 0.1) is 0 Å². The first kappa shape index (κ1) is 17.0. The molecule has 2 heterocycles. The SMILES string of the molecule is COc1ccc(C2(C(=O)Nc3nc4ccccc4s3)CCOCC2)cc1. The van der Waals surface area contributed by atoms with Crippen molar-refractivity contribution in [3.05, 3.63) is 54.1 Å². The number of thiazole rings is 1. The lowest BCUT2D eigenvalue weighted by molar-refractivity contribution is -0.125. The molecule has 1 aromatic heterocycles. The van der Waals surface area contributed by atoms with Gasteiger partial charge in [0, 0.05) is 13.2 Å². The van der Waals surface area contributed by atoms with E-state index in [-0.39, 0.29) is 5.91 Å². The number of rotatable bonds is 4. The number of para-hydroxylation sites is 1. The quantitative estimate of drug-likeness (QED) is 0.756. The van der Waals surface area contributed by atoms with Crippen molar-refractivity contribution in [3.8, 4) is 5.75 Å². The summed E-state index contributed by atoms with van der Waals surface area (Å²) >= 11 is 1.50. The molecule has 5 nitrogen and oxygen atoms in total. The van der Waals surface area contributed by atoms with Crippen LogP contribution in [0.4, 0.5) is 5.13 Å². The predicted molar refractivity (Wildman–Crippen MR) is 103 cm³/mol. The number of methoxy groups -OCH3 is 1. The van der Waals surface area contributed by atoms with Gasteiger partial charge in [0.15, 0.2) is 5.13 Å². The van der Waals surface area contributed by atoms with Gasteiger partial charge in [0.1, 0.15) is 5.75 Å². The van der Waals surface area contributed by atoms with Gasteiger partial charge in [-0.2, -0.15) is 0 Å². The van der Waals surface area contributed by atoms with Gasteiger partial charge in [0.25, 0.3) is 0 Å². The molecule has 0 unspecified atom stereocenters. The van der Waals surface area contributed by atoms with Crippen LogP contribution in [0.1, 0.15) is 18.4 Å². The Morgan fingerprint density at radius 1 is 1.15 bits per heavy atom. The maximum Gasteiger partial charge on any atom is 0.236 e. The fraction of sp³-hybridized carbons (Fsp3) is 0.300. The molecule has 6 heteroatoms. The van der Waals surface area contributed by atoms with Gasteiger partial charge in [0.05, 0.1) is 22.7 Å². The Morgan fingerprint density at radius 3 is 2.58 bits per heavy atom. The first-order valence-corrected chi connectivity index (χ1v) is 9.42. The summed E-state index contributed by atoms with van der Waals surface area (Å²) in [6.07, 6.45) is 1.30. The maximum absolute atomic E-state index is 13.3. The third-order valence-electron chi connectivity index (χ3n) is 4.94. The number of amides is 1. The zero-order chi connectivity index (χ0) is 18.0. The smallest absolute Gasteiger partial charge is 0.236 e. The Kier molecular flexibility index (Phi) is 4.61. The van der Waals surface area contributed by atoms with Gasteiger partial charge >= 0.3 is 0 Å². The van der Waals surface area contributed by atoms with Crippen molar-refractivity contribution in [1.29, 1.82) is 0 Å². The van der Waals surface area contributed by atoms with E-state index in [0.29, 0.717) is 31.2 Å². The molecule has 1 saturated heterocycles. The Bertz CT molecular complexity index is 881. The molecule has 134 valence electrons. The highest BCUT2D eigenvalue weighted by Gasteiger charge is 2.42. The van der Waals surface area contributed by atoms with E-state index in [1.165, 1.54) is 11.3 Å². The molecule has 0 atom stereocenters. The van der Waals surface area contributed by atoms with Crippen LogP contribution >= 0.6 is 11.3 Å². The van der Waals surface area contributed by atoms with E-state index in [1.54, 1.807) is 7.11 Å². The van der Waals surface area contributed by atoms with Crippen LogP contribution in [0.25, 0.3) is 10.2 Å². The van der Waals surface area contributed by atoms with Crippen LogP contribution in [-0.2, 0) is 14.9 Å². The van der Waals surface area contributed by atoms with Crippen molar-refractivity contribution in [1.82, 2.24) is 4.98 Å². The van der Waals surface area contributed by atoms with Crippen LogP contribution in [0.3, 0.4) is 0 Å². The van der Waals surface area contributed by atoms with Crippen LogP contribution in [0.5, 0.6) is 5.75 Å². The summed E-state index contributed by atoms with van der Waals surface area (Å²) in [5.74, 6) is 0.757. The molecule has 26 heavy (non-hydrogen) atoms. The molecular formula is C20H20N2O3S. The van der Waals surface area contributed by atoms with Crippen molar-refractivity contribution >= 4 is 32.6 Å². The molecule has 0 saturated carbocycles. The molecule has 2 aromatic carbocycles. The van der Waals surface area contributed by atoms with Gasteiger partial charge < -0.3 is 14.8 Å². The van der Waals surface area contributed by atoms with Crippen molar-refractivity contribution < 1.29 is 14.3 Å². The van der Waals surface area contributed by atoms with Crippen LogP contribution in [-0.4, -0.2) is 31.2 Å². The Labute approximate surface area is 156 Å². The number of ether oxygens (including phenoxy) is 2. The summed E-state index contributed by atoms with van der Waals surface area (Å²) in [4.78, 5) is 17.8. The number of carbonyl (C=O) groups is 1. The van der Waals surface area contributed by atoms with E-state index < -0.39 is 5.41 Å². The fourth-order valence-electron chi connectivity index (χ4n) is 3.42. The molecular weight excluding hydrogens is 348 g/mol. The third kappa shape index (κ3) is 3.06. The standard InChI is InChI=1S/C20H20N2O3S/c1-24-15-8-6-14(7-9-15)20(10-12-25-13-11-20)18(23)22-19-21-16-4-2-3-5-17(16)26-19/h2-9H,10-13H2,1H3,(H,21,22,23). The second-order valence-corrected chi connectivity index (χ2v) is 7.39. The van der Waals surface area contributed by atoms with Crippen molar-refractivity contribution in [3.63, 3.8) is 0 Å². The van der Waals surface area contributed by atoms with Gasteiger partial charge in [-0.05, 0) is 42.7 Å². The summed E-state index contributed by atoms with van der Waals surface area (Å²) in [6.45, 7) is 1.14. The van der Waals surface area contributed by atoms with E-state index in [0.717, 1.165) is 21.5 Å². The number of nitrogens with one attached hydrogen (secondary N) is 1. The first-order chi connectivity index (χ1) is 12.7. The van der Waals surface area contributed by atoms with Gasteiger partial charge in [-0.15, -0.1) is 0 Å². The van der Waals surface area contributed by atoms with Crippen LogP contribution in [0.15, 0.2) is 48.5 Å². The van der Waals surface area contributed by atoms with E-state index in [2.05, 4.69) is 10.3 Å². The molecule has 4 rings (SSSR count). The Balaban J connectivity index is 1.65. The normalized spacial score (nSPS) is 16.3. The first-order valence-electron chi connectivity index (χ1n) is 8.61. The average Bonchev–Trinajstić information content (AvgIpc) is 3.11. The van der Waals surface area contributed by atoms with Crippen molar-refractivity contribution in [2.24, 2.45) is 0 Å².